The molecule has 4 nitrogen and oxygen atoms in total. The van der Waals surface area contributed by atoms with Crippen molar-refractivity contribution in [1.29, 1.82) is 0 Å². The minimum atomic E-state index is -0.510. The van der Waals surface area contributed by atoms with E-state index in [1.54, 1.807) is 18.6 Å². The van der Waals surface area contributed by atoms with Crippen LogP contribution in [0.1, 0.15) is 25.6 Å². The van der Waals surface area contributed by atoms with E-state index in [4.69, 9.17) is 4.74 Å². The molecule has 90 valence electrons. The molecule has 0 spiro atoms. The van der Waals surface area contributed by atoms with Crippen LogP contribution in [0.25, 0.3) is 0 Å². The fourth-order valence-electron chi connectivity index (χ4n) is 1.51. The molecule has 2 heterocycles. The van der Waals surface area contributed by atoms with Crippen molar-refractivity contribution in [2.75, 3.05) is 0 Å². The summed E-state index contributed by atoms with van der Waals surface area (Å²) >= 11 is 0. The lowest BCUT2D eigenvalue weighted by molar-refractivity contribution is 0.290. The van der Waals surface area contributed by atoms with Crippen LogP contribution in [0.5, 0.6) is 5.75 Å². The fourth-order valence-corrected chi connectivity index (χ4v) is 1.51. The van der Waals surface area contributed by atoms with Gasteiger partial charge in [0.25, 0.3) is 0 Å². The molecule has 0 aliphatic carbocycles. The maximum atomic E-state index is 12.6. The van der Waals surface area contributed by atoms with Gasteiger partial charge in [0.15, 0.2) is 0 Å². The number of pyridine rings is 1. The SMILES string of the molecule is CC(C)n1cncc1COc1ccc(F)nc1. The Labute approximate surface area is 99.1 Å². The lowest BCUT2D eigenvalue weighted by Gasteiger charge is -2.12. The van der Waals surface area contributed by atoms with Crippen LogP contribution in [-0.2, 0) is 6.61 Å². The average Bonchev–Trinajstić information content (AvgIpc) is 2.76. The largest absolute Gasteiger partial charge is 0.486 e. The monoisotopic (exact) mass is 235 g/mol. The number of nitrogens with zero attached hydrogens (tertiary/aromatic N) is 3. The van der Waals surface area contributed by atoms with E-state index in [-0.39, 0.29) is 0 Å². The van der Waals surface area contributed by atoms with Gasteiger partial charge in [-0.05, 0) is 26.0 Å². The molecule has 0 radical (unpaired) electrons. The van der Waals surface area contributed by atoms with Gasteiger partial charge in [-0.25, -0.2) is 9.97 Å². The summed E-state index contributed by atoms with van der Waals surface area (Å²) in [6.07, 6.45) is 4.90. The molecule has 0 saturated heterocycles. The van der Waals surface area contributed by atoms with E-state index in [1.165, 1.54) is 12.3 Å². The first-order chi connectivity index (χ1) is 8.16. The molecule has 2 rings (SSSR count). The summed E-state index contributed by atoms with van der Waals surface area (Å²) in [6.45, 7) is 4.54. The van der Waals surface area contributed by atoms with Gasteiger partial charge in [0.2, 0.25) is 5.95 Å². The fraction of sp³-hybridized carbons (Fsp3) is 0.333. The lowest BCUT2D eigenvalue weighted by Crippen LogP contribution is -2.07. The van der Waals surface area contributed by atoms with Crippen LogP contribution >= 0.6 is 0 Å². The molecule has 0 amide bonds. The first kappa shape index (κ1) is 11.6. The Kier molecular flexibility index (Phi) is 3.37. The molecule has 0 N–H and O–H groups in total. The Hall–Kier alpha value is -1.91. The highest BCUT2D eigenvalue weighted by Gasteiger charge is 2.06. The minimum Gasteiger partial charge on any atom is -0.486 e. The summed E-state index contributed by atoms with van der Waals surface area (Å²) in [4.78, 5) is 7.60. The molecule has 0 atom stereocenters. The topological polar surface area (TPSA) is 39.9 Å². The minimum absolute atomic E-state index is 0.336. The quantitative estimate of drug-likeness (QED) is 0.765. The van der Waals surface area contributed by atoms with Crippen molar-refractivity contribution >= 4 is 0 Å². The zero-order chi connectivity index (χ0) is 12.3. The highest BCUT2D eigenvalue weighted by molar-refractivity contribution is 5.16. The van der Waals surface area contributed by atoms with E-state index in [2.05, 4.69) is 23.8 Å². The maximum Gasteiger partial charge on any atom is 0.213 e. The molecular formula is C12H14FN3O. The van der Waals surface area contributed by atoms with E-state index in [0.29, 0.717) is 18.4 Å². The lowest BCUT2D eigenvalue weighted by atomic mass is 10.3. The van der Waals surface area contributed by atoms with Gasteiger partial charge >= 0.3 is 0 Å². The van der Waals surface area contributed by atoms with E-state index in [9.17, 15) is 4.39 Å². The van der Waals surface area contributed by atoms with Gasteiger partial charge in [0, 0.05) is 6.04 Å². The second-order valence-electron chi connectivity index (χ2n) is 3.99. The summed E-state index contributed by atoms with van der Waals surface area (Å²) in [7, 11) is 0. The Morgan fingerprint density at radius 1 is 1.35 bits per heavy atom. The molecule has 0 aliphatic rings. The van der Waals surface area contributed by atoms with Crippen LogP contribution in [0.15, 0.2) is 30.9 Å². The summed E-state index contributed by atoms with van der Waals surface area (Å²) < 4.78 is 20.1. The summed E-state index contributed by atoms with van der Waals surface area (Å²) in [5, 5.41) is 0. The van der Waals surface area contributed by atoms with Gasteiger partial charge in [-0.2, -0.15) is 4.39 Å². The Morgan fingerprint density at radius 3 is 2.82 bits per heavy atom. The molecule has 0 fully saturated rings. The van der Waals surface area contributed by atoms with Crippen LogP contribution in [0.3, 0.4) is 0 Å². The maximum absolute atomic E-state index is 12.6. The molecule has 2 aromatic heterocycles. The van der Waals surface area contributed by atoms with Gasteiger partial charge in [0.1, 0.15) is 12.4 Å². The predicted molar refractivity (Wildman–Crippen MR) is 61.1 cm³/mol. The first-order valence-corrected chi connectivity index (χ1v) is 5.42. The zero-order valence-electron chi connectivity index (χ0n) is 9.80. The van der Waals surface area contributed by atoms with Gasteiger partial charge in [-0.3, -0.25) is 0 Å². The Balaban J connectivity index is 2.02. The number of hydrogen-bond acceptors (Lipinski definition) is 3. The Morgan fingerprint density at radius 2 is 2.18 bits per heavy atom. The van der Waals surface area contributed by atoms with Crippen LogP contribution in [0, 0.1) is 5.95 Å². The van der Waals surface area contributed by atoms with Crippen LogP contribution in [0.2, 0.25) is 0 Å². The van der Waals surface area contributed by atoms with Crippen molar-refractivity contribution in [3.8, 4) is 5.75 Å². The zero-order valence-corrected chi connectivity index (χ0v) is 9.80. The first-order valence-electron chi connectivity index (χ1n) is 5.42. The normalized spacial score (nSPS) is 10.8. The van der Waals surface area contributed by atoms with E-state index >= 15 is 0 Å². The van der Waals surface area contributed by atoms with Crippen LogP contribution < -0.4 is 4.74 Å². The number of rotatable bonds is 4. The highest BCUT2D eigenvalue weighted by atomic mass is 19.1. The summed E-state index contributed by atoms with van der Waals surface area (Å²) in [5.74, 6) is 0.0347. The number of ether oxygens (including phenoxy) is 1. The molecule has 5 heteroatoms. The van der Waals surface area contributed by atoms with E-state index in [1.807, 2.05) is 4.57 Å². The molecule has 0 saturated carbocycles. The van der Waals surface area contributed by atoms with Gasteiger partial charge < -0.3 is 9.30 Å². The summed E-state index contributed by atoms with van der Waals surface area (Å²) in [6, 6.07) is 3.16. The number of imidazole rings is 1. The van der Waals surface area contributed by atoms with Crippen molar-refractivity contribution in [3.05, 3.63) is 42.5 Å². The van der Waals surface area contributed by atoms with E-state index in [0.717, 1.165) is 5.69 Å². The van der Waals surface area contributed by atoms with Gasteiger partial charge in [0.05, 0.1) is 24.4 Å². The second kappa shape index (κ2) is 4.95. The standard InChI is InChI=1S/C12H14FN3O/c1-9(2)16-8-14-5-10(16)7-17-11-3-4-12(13)15-6-11/h3-6,8-9H,7H2,1-2H3. The predicted octanol–water partition coefficient (Wildman–Crippen LogP) is 2.58. The third kappa shape index (κ3) is 2.81. The molecular weight excluding hydrogens is 221 g/mol. The molecule has 17 heavy (non-hydrogen) atoms. The second-order valence-corrected chi connectivity index (χ2v) is 3.99. The highest BCUT2D eigenvalue weighted by Crippen LogP contribution is 2.13. The molecule has 0 aromatic carbocycles. The third-order valence-electron chi connectivity index (χ3n) is 2.39. The Bertz CT molecular complexity index is 479. The molecule has 2 aromatic rings. The van der Waals surface area contributed by atoms with Crippen molar-refractivity contribution < 1.29 is 9.13 Å². The van der Waals surface area contributed by atoms with Crippen LogP contribution in [-0.4, -0.2) is 14.5 Å². The third-order valence-corrected chi connectivity index (χ3v) is 2.39. The molecule has 0 unspecified atom stereocenters. The van der Waals surface area contributed by atoms with Crippen molar-refractivity contribution in [2.45, 2.75) is 26.5 Å². The number of aromatic nitrogens is 3. The smallest absolute Gasteiger partial charge is 0.213 e. The summed E-state index contributed by atoms with van der Waals surface area (Å²) in [5.41, 5.74) is 0.976. The molecule has 0 aliphatic heterocycles. The average molecular weight is 235 g/mol. The number of hydrogen-bond donors (Lipinski definition) is 0. The van der Waals surface area contributed by atoms with Gasteiger partial charge in [-0.1, -0.05) is 0 Å². The molecule has 0 bridgehead atoms. The number of halogens is 1. The van der Waals surface area contributed by atoms with E-state index < -0.39 is 5.95 Å². The van der Waals surface area contributed by atoms with Crippen molar-refractivity contribution in [1.82, 2.24) is 14.5 Å². The van der Waals surface area contributed by atoms with Gasteiger partial charge in [-0.15, -0.1) is 0 Å². The van der Waals surface area contributed by atoms with Crippen LogP contribution in [0.4, 0.5) is 4.39 Å². The van der Waals surface area contributed by atoms with Crippen molar-refractivity contribution in [2.24, 2.45) is 0 Å². The van der Waals surface area contributed by atoms with Crippen molar-refractivity contribution in [3.63, 3.8) is 0 Å².